The van der Waals surface area contributed by atoms with Crippen molar-refractivity contribution >= 4 is 5.69 Å². The second kappa shape index (κ2) is 4.86. The van der Waals surface area contributed by atoms with Crippen LogP contribution in [-0.4, -0.2) is 19.7 Å². The highest BCUT2D eigenvalue weighted by atomic mass is 16.6. The highest BCUT2D eigenvalue weighted by Crippen LogP contribution is 2.22. The molecule has 0 saturated heterocycles. The number of aromatic nitrogens is 3. The third kappa shape index (κ3) is 2.42. The van der Waals surface area contributed by atoms with E-state index in [2.05, 4.69) is 10.1 Å². The summed E-state index contributed by atoms with van der Waals surface area (Å²) in [6, 6.07) is 5.35. The van der Waals surface area contributed by atoms with Gasteiger partial charge in [0.25, 0.3) is 0 Å². The van der Waals surface area contributed by atoms with Gasteiger partial charge in [0.15, 0.2) is 0 Å². The summed E-state index contributed by atoms with van der Waals surface area (Å²) in [6.07, 6.45) is 1.54. The van der Waals surface area contributed by atoms with Gasteiger partial charge in [-0.2, -0.15) is 10.4 Å². The molecule has 0 bridgehead atoms. The van der Waals surface area contributed by atoms with Gasteiger partial charge in [0, 0.05) is 6.20 Å². The Labute approximate surface area is 109 Å². The lowest BCUT2D eigenvalue weighted by molar-refractivity contribution is -0.386. The lowest BCUT2D eigenvalue weighted by Gasteiger charge is -2.03. The van der Waals surface area contributed by atoms with Crippen LogP contribution in [0.4, 0.5) is 5.69 Å². The van der Waals surface area contributed by atoms with Crippen LogP contribution in [-0.2, 0) is 6.54 Å². The third-order valence-electron chi connectivity index (χ3n) is 2.80. The van der Waals surface area contributed by atoms with E-state index in [4.69, 9.17) is 5.26 Å². The molecule has 96 valence electrons. The molecule has 0 saturated carbocycles. The Morgan fingerprint density at radius 3 is 2.84 bits per heavy atom. The molecule has 0 aliphatic rings. The largest absolute Gasteiger partial charge is 0.312 e. The average Bonchev–Trinajstić information content (AvgIpc) is 2.64. The molecule has 2 aromatic heterocycles. The lowest BCUT2D eigenvalue weighted by atomic mass is 10.2. The summed E-state index contributed by atoms with van der Waals surface area (Å²) < 4.78 is 1.56. The quantitative estimate of drug-likeness (QED) is 0.616. The molecular formula is C12H11N5O2. The zero-order valence-corrected chi connectivity index (χ0v) is 10.5. The fraction of sp³-hybridized carbons (Fsp3) is 0.250. The number of nitro groups is 1. The molecule has 0 N–H and O–H groups in total. The summed E-state index contributed by atoms with van der Waals surface area (Å²) in [7, 11) is 0. The minimum absolute atomic E-state index is 0.0366. The molecule has 0 aliphatic heterocycles. The number of aryl methyl sites for hydroxylation is 1. The van der Waals surface area contributed by atoms with Gasteiger partial charge in [0.2, 0.25) is 0 Å². The Kier molecular flexibility index (Phi) is 3.25. The van der Waals surface area contributed by atoms with Crippen LogP contribution in [0.2, 0.25) is 0 Å². The maximum atomic E-state index is 10.9. The van der Waals surface area contributed by atoms with Gasteiger partial charge in [-0.05, 0) is 31.5 Å². The molecule has 0 atom stereocenters. The van der Waals surface area contributed by atoms with Crippen molar-refractivity contribution in [2.45, 2.75) is 20.4 Å². The fourth-order valence-corrected chi connectivity index (χ4v) is 1.91. The van der Waals surface area contributed by atoms with Crippen LogP contribution in [0.5, 0.6) is 0 Å². The van der Waals surface area contributed by atoms with E-state index < -0.39 is 4.92 Å². The van der Waals surface area contributed by atoms with Crippen LogP contribution in [0.3, 0.4) is 0 Å². The summed E-state index contributed by atoms with van der Waals surface area (Å²) in [4.78, 5) is 14.4. The smallest absolute Gasteiger partial charge is 0.258 e. The molecular weight excluding hydrogens is 246 g/mol. The zero-order chi connectivity index (χ0) is 14.0. The van der Waals surface area contributed by atoms with Crippen molar-refractivity contribution in [1.29, 1.82) is 5.26 Å². The van der Waals surface area contributed by atoms with Gasteiger partial charge in [-0.15, -0.1) is 0 Å². The topological polar surface area (TPSA) is 97.6 Å². The van der Waals surface area contributed by atoms with Crippen molar-refractivity contribution in [2.24, 2.45) is 0 Å². The highest BCUT2D eigenvalue weighted by molar-refractivity contribution is 5.40. The monoisotopic (exact) mass is 257 g/mol. The van der Waals surface area contributed by atoms with Crippen LogP contribution < -0.4 is 0 Å². The second-order valence-corrected chi connectivity index (χ2v) is 4.10. The molecule has 0 unspecified atom stereocenters. The lowest BCUT2D eigenvalue weighted by Crippen LogP contribution is -2.05. The van der Waals surface area contributed by atoms with Crippen molar-refractivity contribution < 1.29 is 4.92 Å². The molecule has 0 amide bonds. The van der Waals surface area contributed by atoms with Gasteiger partial charge in [-0.25, -0.2) is 4.98 Å². The van der Waals surface area contributed by atoms with Gasteiger partial charge in [0.1, 0.15) is 23.2 Å². The molecule has 0 fully saturated rings. The van der Waals surface area contributed by atoms with Crippen LogP contribution >= 0.6 is 0 Å². The first-order valence-electron chi connectivity index (χ1n) is 5.56. The van der Waals surface area contributed by atoms with E-state index in [0.29, 0.717) is 23.6 Å². The van der Waals surface area contributed by atoms with E-state index in [-0.39, 0.29) is 5.69 Å². The van der Waals surface area contributed by atoms with E-state index in [1.807, 2.05) is 6.07 Å². The summed E-state index contributed by atoms with van der Waals surface area (Å²) in [5.74, 6) is 0. The minimum Gasteiger partial charge on any atom is -0.258 e. The number of nitriles is 1. The maximum absolute atomic E-state index is 10.9. The van der Waals surface area contributed by atoms with Gasteiger partial charge in [-0.1, -0.05) is 0 Å². The van der Waals surface area contributed by atoms with E-state index in [1.165, 1.54) is 6.20 Å². The van der Waals surface area contributed by atoms with Gasteiger partial charge in [-0.3, -0.25) is 14.8 Å². The Balaban J connectivity index is 2.37. The van der Waals surface area contributed by atoms with E-state index in [9.17, 15) is 10.1 Å². The van der Waals surface area contributed by atoms with E-state index in [0.717, 1.165) is 5.56 Å². The number of hydrogen-bond donors (Lipinski definition) is 0. The Bertz CT molecular complexity index is 684. The van der Waals surface area contributed by atoms with Gasteiger partial charge < -0.3 is 0 Å². The summed E-state index contributed by atoms with van der Waals surface area (Å²) in [5, 5.41) is 23.8. The molecule has 7 nitrogen and oxygen atoms in total. The number of hydrogen-bond acceptors (Lipinski definition) is 5. The molecule has 0 spiro atoms. The van der Waals surface area contributed by atoms with Crippen molar-refractivity contribution in [3.05, 3.63) is 51.1 Å². The van der Waals surface area contributed by atoms with Crippen LogP contribution in [0, 0.1) is 35.3 Å². The maximum Gasteiger partial charge on any atom is 0.312 e. The SMILES string of the molecule is Cc1nn(Cc2ccnc(C#N)c2)c(C)c1[N+](=O)[O-]. The normalized spacial score (nSPS) is 10.2. The first-order chi connectivity index (χ1) is 9.02. The van der Waals surface area contributed by atoms with Crippen molar-refractivity contribution in [3.63, 3.8) is 0 Å². The second-order valence-electron chi connectivity index (χ2n) is 4.10. The predicted octanol–water partition coefficient (Wildman–Crippen LogP) is 1.72. The van der Waals surface area contributed by atoms with E-state index >= 15 is 0 Å². The number of nitrogens with zero attached hydrogens (tertiary/aromatic N) is 5. The molecule has 0 aliphatic carbocycles. The van der Waals surface area contributed by atoms with Gasteiger partial charge >= 0.3 is 5.69 Å². The summed E-state index contributed by atoms with van der Waals surface area (Å²) >= 11 is 0. The molecule has 2 heterocycles. The van der Waals surface area contributed by atoms with Crippen LogP contribution in [0.25, 0.3) is 0 Å². The molecule has 7 heteroatoms. The van der Waals surface area contributed by atoms with Crippen LogP contribution in [0.15, 0.2) is 18.3 Å². The molecule has 0 radical (unpaired) electrons. The number of rotatable bonds is 3. The summed E-state index contributed by atoms with van der Waals surface area (Å²) in [6.45, 7) is 3.64. The van der Waals surface area contributed by atoms with Crippen molar-refractivity contribution in [2.75, 3.05) is 0 Å². The minimum atomic E-state index is -0.429. The first-order valence-corrected chi connectivity index (χ1v) is 5.56. The van der Waals surface area contributed by atoms with Crippen LogP contribution in [0.1, 0.15) is 22.6 Å². The first kappa shape index (κ1) is 12.7. The Morgan fingerprint density at radius 1 is 1.53 bits per heavy atom. The van der Waals surface area contributed by atoms with E-state index in [1.54, 1.807) is 30.7 Å². The number of pyridine rings is 1. The molecule has 2 aromatic rings. The molecule has 19 heavy (non-hydrogen) atoms. The van der Waals surface area contributed by atoms with Gasteiger partial charge in [0.05, 0.1) is 11.5 Å². The standard InChI is InChI=1S/C12H11N5O2/c1-8-12(17(18)19)9(2)16(15-8)7-10-3-4-14-11(5-10)6-13/h3-5H,7H2,1-2H3. The highest BCUT2D eigenvalue weighted by Gasteiger charge is 2.21. The summed E-state index contributed by atoms with van der Waals surface area (Å²) in [5.41, 5.74) is 2.06. The Morgan fingerprint density at radius 2 is 2.26 bits per heavy atom. The average molecular weight is 257 g/mol. The molecule has 0 aromatic carbocycles. The zero-order valence-electron chi connectivity index (χ0n) is 10.5. The predicted molar refractivity (Wildman–Crippen MR) is 66.4 cm³/mol. The fourth-order valence-electron chi connectivity index (χ4n) is 1.91. The third-order valence-corrected chi connectivity index (χ3v) is 2.80. The molecule has 2 rings (SSSR count). The van der Waals surface area contributed by atoms with Crippen molar-refractivity contribution in [3.8, 4) is 6.07 Å². The van der Waals surface area contributed by atoms with Crippen molar-refractivity contribution in [1.82, 2.24) is 14.8 Å². The Hall–Kier alpha value is -2.75.